The molecule has 5 N–H and O–H groups in total. The lowest BCUT2D eigenvalue weighted by Crippen LogP contribution is -2.54. The van der Waals surface area contributed by atoms with Crippen LogP contribution in [-0.4, -0.2) is 57.9 Å². The molecule has 0 bridgehead atoms. The van der Waals surface area contributed by atoms with Crippen molar-refractivity contribution in [2.75, 3.05) is 23.9 Å². The summed E-state index contributed by atoms with van der Waals surface area (Å²) in [5.41, 5.74) is 11.8. The van der Waals surface area contributed by atoms with Gasteiger partial charge in [0.25, 0.3) is 10.1 Å². The zero-order valence-electron chi connectivity index (χ0n) is 19.8. The molecule has 198 valence electrons. The second kappa shape index (κ2) is 11.5. The van der Waals surface area contributed by atoms with Crippen LogP contribution >= 0.6 is 0 Å². The molecule has 2 aromatic rings. The molecule has 0 unspecified atom stereocenters. The molecule has 15 heteroatoms. The molecule has 0 saturated carbocycles. The molecular formula is C21H28FN5O7S2. The molecule has 12 nitrogen and oxygen atoms in total. The first-order valence-electron chi connectivity index (χ1n) is 10.5. The first kappa shape index (κ1) is 28.8. The highest BCUT2D eigenvalue weighted by atomic mass is 32.3. The van der Waals surface area contributed by atoms with Gasteiger partial charge < -0.3 is 20.9 Å². The summed E-state index contributed by atoms with van der Waals surface area (Å²) in [6.45, 7) is 5.59. The number of anilines is 1. The van der Waals surface area contributed by atoms with Crippen LogP contribution < -0.4 is 25.8 Å². The van der Waals surface area contributed by atoms with Gasteiger partial charge in [0, 0.05) is 5.69 Å². The third-order valence-corrected chi connectivity index (χ3v) is 6.14. The van der Waals surface area contributed by atoms with Crippen molar-refractivity contribution in [3.05, 3.63) is 48.5 Å². The van der Waals surface area contributed by atoms with Gasteiger partial charge in [-0.05, 0) is 69.3 Å². The molecule has 1 aliphatic rings. The molecular weight excluding hydrogens is 517 g/mol. The Labute approximate surface area is 209 Å². The quantitative estimate of drug-likeness (QED) is 0.251. The summed E-state index contributed by atoms with van der Waals surface area (Å²) in [5.74, 6) is 1.21. The number of rotatable bonds is 8. The Hall–Kier alpha value is -3.43. The van der Waals surface area contributed by atoms with E-state index >= 15 is 0 Å². The van der Waals surface area contributed by atoms with Gasteiger partial charge in [-0.1, -0.05) is 0 Å². The number of nitrogens with two attached hydrogens (primary N) is 2. The average Bonchev–Trinajstić information content (AvgIpc) is 2.76. The lowest BCUT2D eigenvalue weighted by Gasteiger charge is -2.38. The Bertz CT molecular complexity index is 1310. The highest BCUT2D eigenvalue weighted by Crippen LogP contribution is 2.28. The molecule has 0 spiro atoms. The number of halogens is 1. The van der Waals surface area contributed by atoms with Crippen LogP contribution in [0.3, 0.4) is 0 Å². The van der Waals surface area contributed by atoms with Gasteiger partial charge in [-0.25, -0.2) is 4.99 Å². The van der Waals surface area contributed by atoms with Crippen LogP contribution in [0.4, 0.5) is 9.57 Å². The molecule has 0 fully saturated rings. The van der Waals surface area contributed by atoms with Crippen molar-refractivity contribution in [1.82, 2.24) is 0 Å². The van der Waals surface area contributed by atoms with Gasteiger partial charge >= 0.3 is 10.2 Å². The molecule has 36 heavy (non-hydrogen) atoms. The van der Waals surface area contributed by atoms with E-state index in [4.69, 9.17) is 25.5 Å². The van der Waals surface area contributed by atoms with E-state index in [0.29, 0.717) is 11.5 Å². The van der Waals surface area contributed by atoms with Gasteiger partial charge in [-0.15, -0.1) is 3.89 Å². The summed E-state index contributed by atoms with van der Waals surface area (Å²) in [7, 11) is -8.38. The molecule has 1 aliphatic heterocycles. The predicted molar refractivity (Wildman–Crippen MR) is 134 cm³/mol. The van der Waals surface area contributed by atoms with Gasteiger partial charge in [0.2, 0.25) is 11.9 Å². The Morgan fingerprint density at radius 1 is 0.944 bits per heavy atom. The highest BCUT2D eigenvalue weighted by Gasteiger charge is 2.32. The van der Waals surface area contributed by atoms with Crippen molar-refractivity contribution >= 4 is 37.9 Å². The summed E-state index contributed by atoms with van der Waals surface area (Å²) < 4.78 is 72.5. The number of guanidine groups is 2. The van der Waals surface area contributed by atoms with Crippen LogP contribution in [0, 0.1) is 0 Å². The Morgan fingerprint density at radius 3 is 1.78 bits per heavy atom. The van der Waals surface area contributed by atoms with Crippen LogP contribution in [0.5, 0.6) is 11.5 Å². The second-order valence-corrected chi connectivity index (χ2v) is 10.8. The monoisotopic (exact) mass is 545 g/mol. The zero-order valence-corrected chi connectivity index (χ0v) is 21.5. The largest absolute Gasteiger partial charge is 0.490 e. The number of ether oxygens (including phenoxy) is 2. The number of hydrogen-bond acceptors (Lipinski definition) is 11. The zero-order chi connectivity index (χ0) is 27.1. The molecule has 0 amide bonds. The van der Waals surface area contributed by atoms with E-state index in [1.807, 2.05) is 26.0 Å². The van der Waals surface area contributed by atoms with Crippen molar-refractivity contribution < 1.29 is 34.7 Å². The minimum atomic E-state index is -4.72. The van der Waals surface area contributed by atoms with Crippen molar-refractivity contribution in [3.8, 4) is 11.5 Å². The lowest BCUT2D eigenvalue weighted by atomic mass is 10.1. The first-order valence-corrected chi connectivity index (χ1v) is 13.5. The SMILES string of the molecule is CC1(C)N=C(N)N=C(N)N1c1ccc(OCCOc2ccc(S(=O)(=O)F)cc2)cc1.CCS(=O)(=O)O. The Morgan fingerprint density at radius 2 is 1.39 bits per heavy atom. The summed E-state index contributed by atoms with van der Waals surface area (Å²) in [6.07, 6.45) is 0. The fourth-order valence-corrected chi connectivity index (χ4v) is 3.42. The molecule has 2 aromatic carbocycles. The highest BCUT2D eigenvalue weighted by molar-refractivity contribution is 7.86. The third kappa shape index (κ3) is 8.66. The minimum Gasteiger partial charge on any atom is -0.490 e. The molecule has 0 aliphatic carbocycles. The molecule has 0 aromatic heterocycles. The number of hydrogen-bond donors (Lipinski definition) is 3. The standard InChI is InChI=1S/C19H22FN5O4S.C2H6O3S/c1-19(2)24-17(21)23-18(22)25(19)13-3-5-14(6-4-13)28-11-12-29-15-7-9-16(10-8-15)30(20,26)27;1-2-6(3,4)5/h3-10H,11-12H2,1-2H3,(H4,21,22,23,24);2H2,1H3,(H,3,4,5). The van der Waals surface area contributed by atoms with Gasteiger partial charge in [-0.3, -0.25) is 9.45 Å². The van der Waals surface area contributed by atoms with E-state index in [0.717, 1.165) is 17.8 Å². The van der Waals surface area contributed by atoms with Gasteiger partial charge in [-0.2, -0.15) is 21.8 Å². The molecule has 3 rings (SSSR count). The molecule has 0 radical (unpaired) electrons. The molecule has 1 heterocycles. The van der Waals surface area contributed by atoms with Crippen LogP contribution in [0.25, 0.3) is 0 Å². The van der Waals surface area contributed by atoms with Crippen LogP contribution in [-0.2, 0) is 20.3 Å². The fraction of sp³-hybridized carbons (Fsp3) is 0.333. The van der Waals surface area contributed by atoms with Crippen molar-refractivity contribution in [2.24, 2.45) is 21.5 Å². The van der Waals surface area contributed by atoms with E-state index in [9.17, 15) is 20.7 Å². The Balaban J connectivity index is 0.000000678. The lowest BCUT2D eigenvalue weighted by molar-refractivity contribution is 0.217. The van der Waals surface area contributed by atoms with E-state index in [1.54, 1.807) is 17.0 Å². The van der Waals surface area contributed by atoms with Crippen LogP contribution in [0.2, 0.25) is 0 Å². The van der Waals surface area contributed by atoms with Crippen molar-refractivity contribution in [3.63, 3.8) is 0 Å². The first-order chi connectivity index (χ1) is 16.6. The summed E-state index contributed by atoms with van der Waals surface area (Å²) in [4.78, 5) is 9.66. The van der Waals surface area contributed by atoms with E-state index in [2.05, 4.69) is 9.98 Å². The summed E-state index contributed by atoms with van der Waals surface area (Å²) in [6, 6.07) is 12.2. The smallest absolute Gasteiger partial charge is 0.332 e. The maximum Gasteiger partial charge on any atom is 0.332 e. The number of benzene rings is 2. The minimum absolute atomic E-state index is 0.134. The van der Waals surface area contributed by atoms with E-state index < -0.39 is 30.9 Å². The van der Waals surface area contributed by atoms with E-state index in [-0.39, 0.29) is 30.9 Å². The maximum atomic E-state index is 12.9. The van der Waals surface area contributed by atoms with E-state index in [1.165, 1.54) is 19.1 Å². The summed E-state index contributed by atoms with van der Waals surface area (Å²) in [5, 5.41) is 0. The topological polar surface area (TPSA) is 187 Å². The van der Waals surface area contributed by atoms with Crippen LogP contribution in [0.1, 0.15) is 20.8 Å². The summed E-state index contributed by atoms with van der Waals surface area (Å²) >= 11 is 0. The second-order valence-electron chi connectivity index (χ2n) is 7.74. The van der Waals surface area contributed by atoms with Gasteiger partial charge in [0.1, 0.15) is 30.4 Å². The third-order valence-electron chi connectivity index (χ3n) is 4.58. The average molecular weight is 546 g/mol. The maximum absolute atomic E-state index is 12.9. The Kier molecular flexibility index (Phi) is 9.23. The number of nitrogens with zero attached hydrogens (tertiary/aromatic N) is 3. The predicted octanol–water partition coefficient (Wildman–Crippen LogP) is 1.88. The normalized spacial score (nSPS) is 15.2. The van der Waals surface area contributed by atoms with Crippen LogP contribution in [0.15, 0.2) is 63.4 Å². The van der Waals surface area contributed by atoms with Crippen molar-refractivity contribution in [1.29, 1.82) is 0 Å². The van der Waals surface area contributed by atoms with Gasteiger partial charge in [0.05, 0.1) is 10.6 Å². The number of aliphatic imine (C=N–C) groups is 2. The van der Waals surface area contributed by atoms with Gasteiger partial charge in [0.15, 0.2) is 0 Å². The molecule has 0 saturated heterocycles. The fourth-order valence-electron chi connectivity index (χ4n) is 2.96. The van der Waals surface area contributed by atoms with Crippen molar-refractivity contribution in [2.45, 2.75) is 31.3 Å². The molecule has 0 atom stereocenters.